The third kappa shape index (κ3) is 6.56. The molecule has 1 aromatic rings. The zero-order valence-electron chi connectivity index (χ0n) is 10.5. The molecule has 0 aliphatic heterocycles. The molecule has 0 N–H and O–H groups in total. The number of benzene rings is 1. The lowest BCUT2D eigenvalue weighted by Crippen LogP contribution is -2.27. The highest BCUT2D eigenvalue weighted by molar-refractivity contribution is 7.99. The van der Waals surface area contributed by atoms with Crippen LogP contribution in [0.15, 0.2) is 29.2 Å². The van der Waals surface area contributed by atoms with Crippen molar-refractivity contribution in [3.63, 3.8) is 0 Å². The summed E-state index contributed by atoms with van der Waals surface area (Å²) in [7, 11) is 0. The van der Waals surface area contributed by atoms with Crippen molar-refractivity contribution in [2.45, 2.75) is 18.7 Å². The van der Waals surface area contributed by atoms with E-state index in [-0.39, 0.29) is 12.4 Å². The maximum atomic E-state index is 5.75. The van der Waals surface area contributed by atoms with Gasteiger partial charge in [0.25, 0.3) is 0 Å². The van der Waals surface area contributed by atoms with E-state index in [4.69, 9.17) is 11.6 Å². The molecule has 0 heterocycles. The number of rotatable bonds is 7. The lowest BCUT2D eigenvalue weighted by molar-refractivity contribution is 0.325. The van der Waals surface area contributed by atoms with E-state index in [9.17, 15) is 0 Å². The Bertz CT molecular complexity index is 307. The highest BCUT2D eigenvalue weighted by Crippen LogP contribution is 2.21. The maximum absolute atomic E-state index is 5.75. The average molecular weight is 294 g/mol. The minimum atomic E-state index is 0. The monoisotopic (exact) mass is 293 g/mol. The van der Waals surface area contributed by atoms with Crippen molar-refractivity contribution < 1.29 is 0 Å². The molecule has 0 radical (unpaired) electrons. The summed E-state index contributed by atoms with van der Waals surface area (Å²) in [6, 6.07) is 8.55. The predicted molar refractivity (Wildman–Crippen MR) is 82.0 cm³/mol. The van der Waals surface area contributed by atoms with E-state index in [0.29, 0.717) is 0 Å². The average Bonchev–Trinajstić information content (AvgIpc) is 2.30. The van der Waals surface area contributed by atoms with E-state index >= 15 is 0 Å². The fraction of sp³-hybridized carbons (Fsp3) is 0.538. The number of aryl methyl sites for hydroxylation is 1. The third-order valence-corrected chi connectivity index (χ3v) is 3.93. The first-order chi connectivity index (χ1) is 7.77. The second kappa shape index (κ2) is 10.1. The standard InChI is InChI=1S/C13H20ClNS.ClH/c1-3-15(9-8-14)10-11-16-13-7-5-4-6-12(13)2;/h4-7H,3,8-11H2,1-2H3;1H. The van der Waals surface area contributed by atoms with Gasteiger partial charge in [-0.2, -0.15) is 0 Å². The van der Waals surface area contributed by atoms with Gasteiger partial charge in [-0.05, 0) is 25.1 Å². The minimum Gasteiger partial charge on any atom is -0.302 e. The summed E-state index contributed by atoms with van der Waals surface area (Å²) in [6.07, 6.45) is 0. The van der Waals surface area contributed by atoms with Crippen molar-refractivity contribution in [1.29, 1.82) is 0 Å². The molecule has 0 saturated carbocycles. The Morgan fingerprint density at radius 3 is 2.53 bits per heavy atom. The van der Waals surface area contributed by atoms with Crippen LogP contribution in [-0.2, 0) is 0 Å². The molecule has 0 unspecified atom stereocenters. The summed E-state index contributed by atoms with van der Waals surface area (Å²) in [5.74, 6) is 1.86. The normalized spacial score (nSPS) is 10.4. The summed E-state index contributed by atoms with van der Waals surface area (Å²) >= 11 is 7.68. The van der Waals surface area contributed by atoms with E-state index < -0.39 is 0 Å². The summed E-state index contributed by atoms with van der Waals surface area (Å²) < 4.78 is 0. The van der Waals surface area contributed by atoms with Gasteiger partial charge in [0.2, 0.25) is 0 Å². The molecular formula is C13H21Cl2NS. The van der Waals surface area contributed by atoms with Gasteiger partial charge in [-0.25, -0.2) is 0 Å². The Morgan fingerprint density at radius 1 is 1.24 bits per heavy atom. The summed E-state index contributed by atoms with van der Waals surface area (Å²) in [6.45, 7) is 7.54. The molecule has 98 valence electrons. The molecule has 0 saturated heterocycles. The molecule has 0 bridgehead atoms. The topological polar surface area (TPSA) is 3.24 Å². The van der Waals surface area contributed by atoms with Crippen LogP contribution in [0.5, 0.6) is 0 Å². The smallest absolute Gasteiger partial charge is 0.0351 e. The van der Waals surface area contributed by atoms with E-state index in [2.05, 4.69) is 43.0 Å². The van der Waals surface area contributed by atoms with Crippen LogP contribution in [-0.4, -0.2) is 36.2 Å². The second-order valence-corrected chi connectivity index (χ2v) is 5.25. The van der Waals surface area contributed by atoms with Crippen LogP contribution >= 0.6 is 35.8 Å². The molecule has 0 aliphatic rings. The van der Waals surface area contributed by atoms with Gasteiger partial charge in [0.1, 0.15) is 0 Å². The largest absolute Gasteiger partial charge is 0.302 e. The Morgan fingerprint density at radius 2 is 1.94 bits per heavy atom. The lowest BCUT2D eigenvalue weighted by atomic mass is 10.2. The van der Waals surface area contributed by atoms with Gasteiger partial charge in [0.05, 0.1) is 0 Å². The van der Waals surface area contributed by atoms with E-state index in [1.807, 2.05) is 11.8 Å². The van der Waals surface area contributed by atoms with Gasteiger partial charge in [-0.3, -0.25) is 0 Å². The van der Waals surface area contributed by atoms with Gasteiger partial charge in [-0.1, -0.05) is 25.1 Å². The van der Waals surface area contributed by atoms with Crippen LogP contribution in [0.4, 0.5) is 0 Å². The van der Waals surface area contributed by atoms with Crippen LogP contribution in [0.25, 0.3) is 0 Å². The molecule has 0 fully saturated rings. The quantitative estimate of drug-likeness (QED) is 0.551. The molecule has 4 heteroatoms. The predicted octanol–water partition coefficient (Wildman–Crippen LogP) is 4.07. The molecule has 0 aromatic heterocycles. The van der Waals surface area contributed by atoms with E-state index in [1.165, 1.54) is 10.5 Å². The zero-order chi connectivity index (χ0) is 11.8. The van der Waals surface area contributed by atoms with Crippen molar-refractivity contribution in [2.75, 3.05) is 31.3 Å². The second-order valence-electron chi connectivity index (χ2n) is 3.74. The maximum Gasteiger partial charge on any atom is 0.0351 e. The third-order valence-electron chi connectivity index (χ3n) is 2.61. The zero-order valence-corrected chi connectivity index (χ0v) is 12.9. The Kier molecular flexibility index (Phi) is 10.1. The molecule has 0 amide bonds. The molecule has 1 rings (SSSR count). The first-order valence-electron chi connectivity index (χ1n) is 5.74. The molecule has 0 atom stereocenters. The van der Waals surface area contributed by atoms with E-state index in [0.717, 1.165) is 31.3 Å². The SMILES string of the molecule is CCN(CCCl)CCSc1ccccc1C.Cl. The first-order valence-corrected chi connectivity index (χ1v) is 7.26. The van der Waals surface area contributed by atoms with Crippen LogP contribution in [0.1, 0.15) is 12.5 Å². The van der Waals surface area contributed by atoms with Crippen LogP contribution in [0, 0.1) is 6.92 Å². The summed E-state index contributed by atoms with van der Waals surface area (Å²) in [5.41, 5.74) is 1.37. The van der Waals surface area contributed by atoms with Crippen molar-refractivity contribution >= 4 is 35.8 Å². The molecule has 17 heavy (non-hydrogen) atoms. The number of hydrogen-bond acceptors (Lipinski definition) is 2. The van der Waals surface area contributed by atoms with Crippen LogP contribution in [0.3, 0.4) is 0 Å². The molecule has 1 aromatic carbocycles. The molecule has 1 nitrogen and oxygen atoms in total. The fourth-order valence-corrected chi connectivity index (χ4v) is 2.83. The Balaban J connectivity index is 0.00000256. The lowest BCUT2D eigenvalue weighted by Gasteiger charge is -2.18. The van der Waals surface area contributed by atoms with Gasteiger partial charge < -0.3 is 4.90 Å². The Hall–Kier alpha value is 0.110. The molecular weight excluding hydrogens is 273 g/mol. The van der Waals surface area contributed by atoms with Crippen molar-refractivity contribution in [3.05, 3.63) is 29.8 Å². The fourth-order valence-electron chi connectivity index (χ4n) is 1.55. The van der Waals surface area contributed by atoms with Crippen molar-refractivity contribution in [1.82, 2.24) is 4.90 Å². The summed E-state index contributed by atoms with van der Waals surface area (Å²) in [4.78, 5) is 3.78. The van der Waals surface area contributed by atoms with Gasteiger partial charge in [0.15, 0.2) is 0 Å². The van der Waals surface area contributed by atoms with E-state index in [1.54, 1.807) is 0 Å². The Labute approximate surface area is 120 Å². The number of hydrogen-bond donors (Lipinski definition) is 0. The van der Waals surface area contributed by atoms with Gasteiger partial charge in [-0.15, -0.1) is 35.8 Å². The minimum absolute atomic E-state index is 0. The van der Waals surface area contributed by atoms with Crippen LogP contribution < -0.4 is 0 Å². The van der Waals surface area contributed by atoms with Gasteiger partial charge >= 0.3 is 0 Å². The molecule has 0 spiro atoms. The van der Waals surface area contributed by atoms with Crippen molar-refractivity contribution in [2.24, 2.45) is 0 Å². The van der Waals surface area contributed by atoms with Gasteiger partial charge in [0, 0.05) is 29.6 Å². The van der Waals surface area contributed by atoms with Crippen molar-refractivity contribution in [3.8, 4) is 0 Å². The number of thioether (sulfide) groups is 1. The number of nitrogens with zero attached hydrogens (tertiary/aromatic N) is 1. The number of alkyl halides is 1. The molecule has 0 aliphatic carbocycles. The number of halogens is 2. The first kappa shape index (κ1) is 17.1. The highest BCUT2D eigenvalue weighted by Gasteiger charge is 2.02. The summed E-state index contributed by atoms with van der Waals surface area (Å²) in [5, 5.41) is 0. The highest BCUT2D eigenvalue weighted by atomic mass is 35.5. The van der Waals surface area contributed by atoms with Crippen LogP contribution in [0.2, 0.25) is 0 Å².